The molecule has 0 saturated heterocycles. The maximum Gasteiger partial charge on any atom is 0.187 e. The molecule has 0 bridgehead atoms. The van der Waals surface area contributed by atoms with Crippen molar-refractivity contribution in [2.45, 2.75) is 18.2 Å². The van der Waals surface area contributed by atoms with Gasteiger partial charge in [-0.2, -0.15) is 0 Å². The lowest BCUT2D eigenvalue weighted by Gasteiger charge is -2.11. The molecule has 0 radical (unpaired) electrons. The molecule has 19 heavy (non-hydrogen) atoms. The summed E-state index contributed by atoms with van der Waals surface area (Å²) in [6, 6.07) is 11.3. The first-order valence-corrected chi connectivity index (χ1v) is 7.01. The number of aliphatic hydroxyl groups is 1. The van der Waals surface area contributed by atoms with Gasteiger partial charge in [0.05, 0.1) is 6.10 Å². The fourth-order valence-electron chi connectivity index (χ4n) is 1.42. The van der Waals surface area contributed by atoms with Gasteiger partial charge in [0.25, 0.3) is 0 Å². The van der Waals surface area contributed by atoms with E-state index in [2.05, 4.69) is 9.97 Å². The molecule has 2 aromatic rings. The number of aliphatic hydroxyl groups excluding tert-OH is 1. The molecule has 5 heteroatoms. The van der Waals surface area contributed by atoms with Crippen LogP contribution >= 0.6 is 11.8 Å². The quantitative estimate of drug-likeness (QED) is 0.648. The van der Waals surface area contributed by atoms with Crippen LogP contribution in [-0.2, 0) is 0 Å². The predicted molar refractivity (Wildman–Crippen MR) is 75.4 cm³/mol. The van der Waals surface area contributed by atoms with Gasteiger partial charge >= 0.3 is 0 Å². The van der Waals surface area contributed by atoms with Crippen molar-refractivity contribution in [1.29, 1.82) is 0 Å². The van der Waals surface area contributed by atoms with Gasteiger partial charge in [0.1, 0.15) is 12.4 Å². The predicted octanol–water partition coefficient (Wildman–Crippen LogP) is 2.32. The Kier molecular flexibility index (Phi) is 5.18. The van der Waals surface area contributed by atoms with Crippen molar-refractivity contribution < 1.29 is 9.84 Å². The lowest BCUT2D eigenvalue weighted by molar-refractivity contribution is 0.126. The summed E-state index contributed by atoms with van der Waals surface area (Å²) in [5.41, 5.74) is 0.924. The minimum atomic E-state index is -0.547. The lowest BCUT2D eigenvalue weighted by Crippen LogP contribution is -2.20. The monoisotopic (exact) mass is 276 g/mol. The van der Waals surface area contributed by atoms with Crippen LogP contribution in [0, 0.1) is 6.92 Å². The summed E-state index contributed by atoms with van der Waals surface area (Å²) in [6.07, 6.45) is 1.17. The van der Waals surface area contributed by atoms with Crippen molar-refractivity contribution in [2.75, 3.05) is 12.4 Å². The number of rotatable bonds is 6. The Labute approximate surface area is 116 Å². The third kappa shape index (κ3) is 4.89. The highest BCUT2D eigenvalue weighted by atomic mass is 32.2. The zero-order valence-electron chi connectivity index (χ0n) is 10.7. The maximum absolute atomic E-state index is 9.84. The number of nitrogens with zero attached hydrogens (tertiary/aromatic N) is 2. The standard InChI is InChI=1S/C14H16N2O2S/c1-11-7-8-15-14(16-11)19-10-12(17)9-18-13-5-3-2-4-6-13/h2-8,12,17H,9-10H2,1H3/t12-/m1/s1. The Balaban J connectivity index is 1.74. The van der Waals surface area contributed by atoms with Crippen LogP contribution in [-0.4, -0.2) is 33.5 Å². The number of aryl methyl sites for hydroxylation is 1. The first kappa shape index (κ1) is 13.8. The third-order valence-electron chi connectivity index (χ3n) is 2.36. The first-order chi connectivity index (χ1) is 9.24. The van der Waals surface area contributed by atoms with E-state index in [-0.39, 0.29) is 6.61 Å². The van der Waals surface area contributed by atoms with Crippen LogP contribution in [0.4, 0.5) is 0 Å². The smallest absolute Gasteiger partial charge is 0.187 e. The third-order valence-corrected chi connectivity index (χ3v) is 3.37. The molecule has 100 valence electrons. The largest absolute Gasteiger partial charge is 0.491 e. The highest BCUT2D eigenvalue weighted by Crippen LogP contribution is 2.15. The minimum absolute atomic E-state index is 0.267. The zero-order valence-corrected chi connectivity index (χ0v) is 11.5. The summed E-state index contributed by atoms with van der Waals surface area (Å²) in [4.78, 5) is 8.39. The average molecular weight is 276 g/mol. The molecule has 1 N–H and O–H groups in total. The summed E-state index contributed by atoms with van der Waals surface area (Å²) in [7, 11) is 0. The molecule has 0 spiro atoms. The number of para-hydroxylation sites is 1. The van der Waals surface area contributed by atoms with Crippen molar-refractivity contribution in [3.63, 3.8) is 0 Å². The number of thioether (sulfide) groups is 1. The van der Waals surface area contributed by atoms with E-state index in [9.17, 15) is 5.11 Å². The Morgan fingerprint density at radius 1 is 1.26 bits per heavy atom. The second-order valence-electron chi connectivity index (χ2n) is 4.07. The van der Waals surface area contributed by atoms with Crippen molar-refractivity contribution in [1.82, 2.24) is 9.97 Å². The summed E-state index contributed by atoms with van der Waals surface area (Å²) >= 11 is 1.43. The van der Waals surface area contributed by atoms with Crippen molar-refractivity contribution in [2.24, 2.45) is 0 Å². The number of aromatic nitrogens is 2. The van der Waals surface area contributed by atoms with Crippen LogP contribution in [0.5, 0.6) is 5.75 Å². The van der Waals surface area contributed by atoms with Gasteiger partial charge in [-0.15, -0.1) is 0 Å². The molecule has 0 aliphatic carbocycles. The minimum Gasteiger partial charge on any atom is -0.491 e. The summed E-state index contributed by atoms with van der Waals surface area (Å²) < 4.78 is 5.48. The van der Waals surface area contributed by atoms with E-state index < -0.39 is 6.10 Å². The summed E-state index contributed by atoms with van der Waals surface area (Å²) in [6.45, 7) is 2.18. The van der Waals surface area contributed by atoms with Crippen LogP contribution in [0.1, 0.15) is 5.69 Å². The molecule has 0 fully saturated rings. The molecule has 1 heterocycles. The van der Waals surface area contributed by atoms with Crippen LogP contribution in [0.3, 0.4) is 0 Å². The van der Waals surface area contributed by atoms with Gasteiger partial charge < -0.3 is 9.84 Å². The van der Waals surface area contributed by atoms with E-state index in [4.69, 9.17) is 4.74 Å². The second kappa shape index (κ2) is 7.11. The molecular weight excluding hydrogens is 260 g/mol. The molecular formula is C14H16N2O2S. The zero-order chi connectivity index (χ0) is 13.5. The molecule has 1 aromatic carbocycles. The first-order valence-electron chi connectivity index (χ1n) is 6.02. The SMILES string of the molecule is Cc1ccnc(SC[C@H](O)COc2ccccc2)n1. The number of ether oxygens (including phenoxy) is 1. The summed E-state index contributed by atoms with van der Waals surface area (Å²) in [5.74, 6) is 1.27. The Morgan fingerprint density at radius 2 is 2.05 bits per heavy atom. The number of hydrogen-bond acceptors (Lipinski definition) is 5. The maximum atomic E-state index is 9.84. The highest BCUT2D eigenvalue weighted by molar-refractivity contribution is 7.99. The van der Waals surface area contributed by atoms with Gasteiger partial charge in [-0.05, 0) is 25.1 Å². The van der Waals surface area contributed by atoms with E-state index in [1.165, 1.54) is 11.8 Å². The van der Waals surface area contributed by atoms with E-state index in [0.717, 1.165) is 11.4 Å². The molecule has 1 atom stereocenters. The molecule has 0 saturated carbocycles. The second-order valence-corrected chi connectivity index (χ2v) is 5.06. The van der Waals surface area contributed by atoms with Gasteiger partial charge in [-0.3, -0.25) is 0 Å². The fraction of sp³-hybridized carbons (Fsp3) is 0.286. The van der Waals surface area contributed by atoms with E-state index >= 15 is 0 Å². The van der Waals surface area contributed by atoms with Gasteiger partial charge in [-0.1, -0.05) is 30.0 Å². The number of benzene rings is 1. The summed E-state index contributed by atoms with van der Waals surface area (Å²) in [5, 5.41) is 10.5. The van der Waals surface area contributed by atoms with E-state index in [0.29, 0.717) is 10.9 Å². The van der Waals surface area contributed by atoms with Crippen molar-refractivity contribution in [3.05, 3.63) is 48.3 Å². The highest BCUT2D eigenvalue weighted by Gasteiger charge is 2.07. The molecule has 0 amide bonds. The lowest BCUT2D eigenvalue weighted by atomic mass is 10.3. The van der Waals surface area contributed by atoms with Gasteiger partial charge in [0.2, 0.25) is 0 Å². The fourth-order valence-corrected chi connectivity index (χ4v) is 2.21. The van der Waals surface area contributed by atoms with Crippen molar-refractivity contribution in [3.8, 4) is 5.75 Å². The Morgan fingerprint density at radius 3 is 2.79 bits per heavy atom. The normalized spacial score (nSPS) is 12.1. The van der Waals surface area contributed by atoms with Crippen LogP contribution < -0.4 is 4.74 Å². The van der Waals surface area contributed by atoms with Crippen molar-refractivity contribution >= 4 is 11.8 Å². The van der Waals surface area contributed by atoms with E-state index in [1.807, 2.05) is 43.3 Å². The molecule has 0 aliphatic rings. The average Bonchev–Trinajstić information content (AvgIpc) is 2.44. The van der Waals surface area contributed by atoms with Gasteiger partial charge in [-0.25, -0.2) is 9.97 Å². The van der Waals surface area contributed by atoms with E-state index in [1.54, 1.807) is 6.20 Å². The van der Waals surface area contributed by atoms with Crippen LogP contribution in [0.2, 0.25) is 0 Å². The molecule has 0 unspecified atom stereocenters. The Bertz CT molecular complexity index is 508. The molecule has 0 aliphatic heterocycles. The van der Waals surface area contributed by atoms with Gasteiger partial charge in [0, 0.05) is 17.6 Å². The topological polar surface area (TPSA) is 55.2 Å². The van der Waals surface area contributed by atoms with Gasteiger partial charge in [0.15, 0.2) is 5.16 Å². The molecule has 2 rings (SSSR count). The van der Waals surface area contributed by atoms with Crippen LogP contribution in [0.15, 0.2) is 47.8 Å². The Hall–Kier alpha value is -1.59. The molecule has 1 aromatic heterocycles. The molecule has 4 nitrogen and oxygen atoms in total. The number of hydrogen-bond donors (Lipinski definition) is 1. The van der Waals surface area contributed by atoms with Crippen LogP contribution in [0.25, 0.3) is 0 Å².